The molecule has 0 unspecified atom stereocenters. The lowest BCUT2D eigenvalue weighted by Gasteiger charge is -2.07. The number of nitrogens with two attached hydrogens (primary N) is 1. The van der Waals surface area contributed by atoms with Crippen molar-refractivity contribution in [3.8, 4) is 5.75 Å². The molecule has 2 aromatic carbocycles. The van der Waals surface area contributed by atoms with Gasteiger partial charge in [-0.3, -0.25) is 9.59 Å². The highest BCUT2D eigenvalue weighted by molar-refractivity contribution is 7.09. The van der Waals surface area contributed by atoms with Crippen LogP contribution in [-0.4, -0.2) is 23.3 Å². The first-order valence-corrected chi connectivity index (χ1v) is 9.34. The van der Waals surface area contributed by atoms with Gasteiger partial charge in [0.15, 0.2) is 5.69 Å². The van der Waals surface area contributed by atoms with E-state index in [1.54, 1.807) is 7.11 Å². The molecule has 0 radical (unpaired) electrons. The molecule has 0 aliphatic heterocycles. The van der Waals surface area contributed by atoms with Crippen LogP contribution in [0.4, 0.5) is 5.69 Å². The predicted molar refractivity (Wildman–Crippen MR) is 108 cm³/mol. The first-order valence-electron chi connectivity index (χ1n) is 8.57. The summed E-state index contributed by atoms with van der Waals surface area (Å²) in [7, 11) is 1.58. The Morgan fingerprint density at radius 2 is 1.68 bits per heavy atom. The van der Waals surface area contributed by atoms with E-state index >= 15 is 0 Å². The molecule has 1 aromatic heterocycles. The van der Waals surface area contributed by atoms with Crippen LogP contribution in [0.25, 0.3) is 0 Å². The molecule has 0 aliphatic carbocycles. The van der Waals surface area contributed by atoms with E-state index in [0.29, 0.717) is 18.8 Å². The highest BCUT2D eigenvalue weighted by Gasteiger charge is 2.21. The fraction of sp³-hybridized carbons (Fsp3) is 0.150. The Labute approximate surface area is 166 Å². The number of nitrogens with zero attached hydrogens (tertiary/aromatic N) is 1. The predicted octanol–water partition coefficient (Wildman–Crippen LogP) is 2.59. The SMILES string of the molecule is COc1cccc(CNC(=O)c2nsc(C(=O)NCc3ccccc3)c2N)c1. The summed E-state index contributed by atoms with van der Waals surface area (Å²) in [5, 5.41) is 5.54. The number of ether oxygens (including phenoxy) is 1. The quantitative estimate of drug-likeness (QED) is 0.569. The second kappa shape index (κ2) is 9.01. The van der Waals surface area contributed by atoms with E-state index in [9.17, 15) is 9.59 Å². The van der Waals surface area contributed by atoms with Crippen molar-refractivity contribution in [3.63, 3.8) is 0 Å². The number of hydrogen-bond donors (Lipinski definition) is 3. The zero-order valence-electron chi connectivity index (χ0n) is 15.3. The Kier molecular flexibility index (Phi) is 6.23. The number of carbonyl (C=O) groups is 2. The Balaban J connectivity index is 1.61. The first-order chi connectivity index (χ1) is 13.6. The molecular weight excluding hydrogens is 376 g/mol. The molecule has 144 valence electrons. The van der Waals surface area contributed by atoms with Crippen LogP contribution >= 0.6 is 11.5 Å². The third-order valence-corrected chi connectivity index (χ3v) is 4.89. The molecule has 7 nitrogen and oxygen atoms in total. The van der Waals surface area contributed by atoms with Crippen molar-refractivity contribution >= 4 is 29.0 Å². The van der Waals surface area contributed by atoms with Crippen LogP contribution in [-0.2, 0) is 13.1 Å². The van der Waals surface area contributed by atoms with Crippen molar-refractivity contribution in [3.05, 3.63) is 76.3 Å². The van der Waals surface area contributed by atoms with Gasteiger partial charge in [-0.05, 0) is 34.8 Å². The Hall–Kier alpha value is -3.39. The number of rotatable bonds is 7. The van der Waals surface area contributed by atoms with Gasteiger partial charge in [0, 0.05) is 13.1 Å². The Bertz CT molecular complexity index is 973. The zero-order chi connectivity index (χ0) is 19.9. The van der Waals surface area contributed by atoms with Gasteiger partial charge in [0.2, 0.25) is 0 Å². The summed E-state index contributed by atoms with van der Waals surface area (Å²) >= 11 is 0.908. The van der Waals surface area contributed by atoms with Gasteiger partial charge in [0.25, 0.3) is 11.8 Å². The molecule has 4 N–H and O–H groups in total. The first kappa shape index (κ1) is 19.4. The summed E-state index contributed by atoms with van der Waals surface area (Å²) in [5.74, 6) is -0.0818. The summed E-state index contributed by atoms with van der Waals surface area (Å²) in [6, 6.07) is 16.9. The number of nitrogens with one attached hydrogen (secondary N) is 2. The van der Waals surface area contributed by atoms with Crippen molar-refractivity contribution in [2.24, 2.45) is 0 Å². The van der Waals surface area contributed by atoms with Crippen LogP contribution in [0.3, 0.4) is 0 Å². The van der Waals surface area contributed by atoms with Crippen LogP contribution in [0, 0.1) is 0 Å². The second-order valence-electron chi connectivity index (χ2n) is 5.98. The molecule has 0 atom stereocenters. The van der Waals surface area contributed by atoms with Gasteiger partial charge in [0.1, 0.15) is 10.6 Å². The molecular formula is C20H20N4O3S. The van der Waals surface area contributed by atoms with E-state index in [-0.39, 0.29) is 22.2 Å². The fourth-order valence-corrected chi connectivity index (χ4v) is 3.25. The number of amides is 2. The molecule has 3 aromatic rings. The van der Waals surface area contributed by atoms with E-state index in [1.165, 1.54) is 0 Å². The number of carbonyl (C=O) groups excluding carboxylic acids is 2. The maximum atomic E-state index is 12.4. The van der Waals surface area contributed by atoms with E-state index in [1.807, 2.05) is 54.6 Å². The number of hydrogen-bond acceptors (Lipinski definition) is 6. The number of methoxy groups -OCH3 is 1. The summed E-state index contributed by atoms with van der Waals surface area (Å²) in [4.78, 5) is 25.0. The maximum Gasteiger partial charge on any atom is 0.273 e. The monoisotopic (exact) mass is 396 g/mol. The number of nitrogen functional groups attached to an aromatic ring is 1. The van der Waals surface area contributed by atoms with Gasteiger partial charge in [-0.25, -0.2) is 0 Å². The molecule has 0 saturated heterocycles. The van der Waals surface area contributed by atoms with Gasteiger partial charge in [-0.2, -0.15) is 4.37 Å². The fourth-order valence-electron chi connectivity index (χ4n) is 2.53. The van der Waals surface area contributed by atoms with Crippen molar-refractivity contribution in [1.29, 1.82) is 0 Å². The average molecular weight is 396 g/mol. The molecule has 0 fully saturated rings. The summed E-state index contributed by atoms with van der Waals surface area (Å²) < 4.78 is 9.22. The zero-order valence-corrected chi connectivity index (χ0v) is 16.1. The van der Waals surface area contributed by atoms with E-state index < -0.39 is 5.91 Å². The molecule has 1 heterocycles. The normalized spacial score (nSPS) is 10.3. The highest BCUT2D eigenvalue weighted by atomic mass is 32.1. The van der Waals surface area contributed by atoms with Crippen LogP contribution in [0.2, 0.25) is 0 Å². The van der Waals surface area contributed by atoms with Crippen molar-refractivity contribution in [2.75, 3.05) is 12.8 Å². The average Bonchev–Trinajstić information content (AvgIpc) is 3.12. The molecule has 0 spiro atoms. The van der Waals surface area contributed by atoms with Crippen molar-refractivity contribution in [1.82, 2.24) is 15.0 Å². The van der Waals surface area contributed by atoms with E-state index in [4.69, 9.17) is 10.5 Å². The van der Waals surface area contributed by atoms with Gasteiger partial charge in [-0.1, -0.05) is 42.5 Å². The Morgan fingerprint density at radius 3 is 2.43 bits per heavy atom. The van der Waals surface area contributed by atoms with Crippen molar-refractivity contribution in [2.45, 2.75) is 13.1 Å². The number of aromatic nitrogens is 1. The van der Waals surface area contributed by atoms with Gasteiger partial charge < -0.3 is 21.1 Å². The molecule has 28 heavy (non-hydrogen) atoms. The highest BCUT2D eigenvalue weighted by Crippen LogP contribution is 2.22. The van der Waals surface area contributed by atoms with Gasteiger partial charge in [-0.15, -0.1) is 0 Å². The molecule has 8 heteroatoms. The maximum absolute atomic E-state index is 12.4. The summed E-state index contributed by atoms with van der Waals surface area (Å²) in [6.07, 6.45) is 0. The minimum atomic E-state index is -0.432. The van der Waals surface area contributed by atoms with Crippen LogP contribution in [0.5, 0.6) is 5.75 Å². The largest absolute Gasteiger partial charge is 0.497 e. The molecule has 0 aliphatic rings. The van der Waals surface area contributed by atoms with Crippen LogP contribution in [0.1, 0.15) is 31.3 Å². The topological polar surface area (TPSA) is 106 Å². The lowest BCUT2D eigenvalue weighted by Crippen LogP contribution is -2.25. The Morgan fingerprint density at radius 1 is 1.00 bits per heavy atom. The van der Waals surface area contributed by atoms with Crippen molar-refractivity contribution < 1.29 is 14.3 Å². The molecule has 2 amide bonds. The number of anilines is 1. The van der Waals surface area contributed by atoms with Gasteiger partial charge >= 0.3 is 0 Å². The van der Waals surface area contributed by atoms with Crippen LogP contribution < -0.4 is 21.1 Å². The summed E-state index contributed by atoms with van der Waals surface area (Å²) in [6.45, 7) is 0.664. The van der Waals surface area contributed by atoms with Crippen LogP contribution in [0.15, 0.2) is 54.6 Å². The molecule has 0 saturated carbocycles. The van der Waals surface area contributed by atoms with E-state index in [2.05, 4.69) is 15.0 Å². The molecule has 3 rings (SSSR count). The van der Waals surface area contributed by atoms with E-state index in [0.717, 1.165) is 22.7 Å². The second-order valence-corrected chi connectivity index (χ2v) is 6.75. The van der Waals surface area contributed by atoms with Gasteiger partial charge in [0.05, 0.1) is 12.8 Å². The summed E-state index contributed by atoms with van der Waals surface area (Å²) in [5.41, 5.74) is 7.98. The minimum absolute atomic E-state index is 0.0535. The minimum Gasteiger partial charge on any atom is -0.497 e. The lowest BCUT2D eigenvalue weighted by atomic mass is 10.2. The number of benzene rings is 2. The standard InChI is InChI=1S/C20H20N4O3S/c1-27-15-9-5-8-14(10-15)12-22-19(25)17-16(21)18(28-24-17)20(26)23-11-13-6-3-2-4-7-13/h2-10H,11-12,21H2,1H3,(H,22,25)(H,23,26). The smallest absolute Gasteiger partial charge is 0.273 e. The third-order valence-electron chi connectivity index (χ3n) is 4.03. The lowest BCUT2D eigenvalue weighted by molar-refractivity contribution is 0.0946. The third kappa shape index (κ3) is 4.66. The molecule has 0 bridgehead atoms.